The van der Waals surface area contributed by atoms with Crippen LogP contribution in [0.25, 0.3) is 0 Å². The highest BCUT2D eigenvalue weighted by molar-refractivity contribution is 5.32. The quantitative estimate of drug-likeness (QED) is 0.840. The lowest BCUT2D eigenvalue weighted by atomic mass is 9.97. The molecule has 0 radical (unpaired) electrons. The van der Waals surface area contributed by atoms with Gasteiger partial charge in [0.15, 0.2) is 0 Å². The Kier molecular flexibility index (Phi) is 3.66. The van der Waals surface area contributed by atoms with Crippen molar-refractivity contribution in [3.63, 3.8) is 0 Å². The first kappa shape index (κ1) is 11.9. The Morgan fingerprint density at radius 2 is 2.13 bits per heavy atom. The summed E-state index contributed by atoms with van der Waals surface area (Å²) in [6, 6.07) is 1.70. The van der Waals surface area contributed by atoms with Crippen LogP contribution in [0.2, 0.25) is 0 Å². The zero-order valence-electron chi connectivity index (χ0n) is 9.30. The molecule has 0 aromatic carbocycles. The van der Waals surface area contributed by atoms with Gasteiger partial charge in [0.1, 0.15) is 12.4 Å². The van der Waals surface area contributed by atoms with Crippen molar-refractivity contribution in [2.24, 2.45) is 5.41 Å². The van der Waals surface area contributed by atoms with Crippen LogP contribution in [0, 0.1) is 5.41 Å². The smallest absolute Gasteiger partial charge is 0.257 e. The summed E-state index contributed by atoms with van der Waals surface area (Å²) < 4.78 is 25.3. The number of rotatable bonds is 4. The molecule has 0 unspecified atom stereocenters. The van der Waals surface area contributed by atoms with Crippen molar-refractivity contribution in [2.45, 2.75) is 33.7 Å². The number of nitrogens with one attached hydrogen (secondary N) is 1. The van der Waals surface area contributed by atoms with Gasteiger partial charge in [-0.05, 0) is 5.41 Å². The molecule has 0 amide bonds. The second kappa shape index (κ2) is 4.59. The van der Waals surface area contributed by atoms with Gasteiger partial charge in [-0.15, -0.1) is 0 Å². The molecule has 3 nitrogen and oxygen atoms in total. The fraction of sp³-hybridized carbons (Fsp3) is 0.700. The van der Waals surface area contributed by atoms with E-state index in [0.29, 0.717) is 5.82 Å². The third-order valence-electron chi connectivity index (χ3n) is 1.77. The summed E-state index contributed by atoms with van der Waals surface area (Å²) in [4.78, 5) is 0. The molecule has 0 aliphatic rings. The lowest BCUT2D eigenvalue weighted by Crippen LogP contribution is -2.19. The van der Waals surface area contributed by atoms with Crippen LogP contribution in [0.5, 0.6) is 0 Å². The number of aromatic nitrogens is 2. The Bertz CT molecular complexity index is 302. The van der Waals surface area contributed by atoms with E-state index in [4.69, 9.17) is 0 Å². The fourth-order valence-electron chi connectivity index (χ4n) is 1.05. The van der Waals surface area contributed by atoms with Crippen molar-refractivity contribution >= 4 is 5.82 Å². The standard InChI is InChI=1S/C10H17F2N3/c1-10(2,3)7-13-9-4-5-15(14-9)6-8(11)12/h4-5,8H,6-7H2,1-3H3,(H,13,14). The Hall–Kier alpha value is -1.13. The predicted octanol–water partition coefficient (Wildman–Crippen LogP) is 2.61. The highest BCUT2D eigenvalue weighted by atomic mass is 19.3. The molecule has 0 atom stereocenters. The van der Waals surface area contributed by atoms with Crippen molar-refractivity contribution in [3.8, 4) is 0 Å². The Labute approximate surface area is 88.5 Å². The molecule has 0 saturated heterocycles. The van der Waals surface area contributed by atoms with E-state index >= 15 is 0 Å². The maximum absolute atomic E-state index is 12.0. The van der Waals surface area contributed by atoms with Gasteiger partial charge in [0, 0.05) is 18.8 Å². The van der Waals surface area contributed by atoms with Gasteiger partial charge >= 0.3 is 0 Å². The normalized spacial score (nSPS) is 12.1. The molecule has 1 rings (SSSR count). The van der Waals surface area contributed by atoms with E-state index in [-0.39, 0.29) is 12.0 Å². The van der Waals surface area contributed by atoms with E-state index in [1.165, 1.54) is 4.68 Å². The minimum Gasteiger partial charge on any atom is -0.368 e. The van der Waals surface area contributed by atoms with E-state index in [1.54, 1.807) is 12.3 Å². The SMILES string of the molecule is CC(C)(C)CNc1ccn(CC(F)F)n1. The average molecular weight is 217 g/mol. The third kappa shape index (κ3) is 4.76. The number of anilines is 1. The van der Waals surface area contributed by atoms with E-state index in [0.717, 1.165) is 6.54 Å². The second-order valence-corrected chi connectivity index (χ2v) is 4.73. The highest BCUT2D eigenvalue weighted by Gasteiger charge is 2.11. The fourth-order valence-corrected chi connectivity index (χ4v) is 1.05. The van der Waals surface area contributed by atoms with Crippen LogP contribution in [0.4, 0.5) is 14.6 Å². The zero-order chi connectivity index (χ0) is 11.5. The van der Waals surface area contributed by atoms with Crippen molar-refractivity contribution in [1.29, 1.82) is 0 Å². The monoisotopic (exact) mass is 217 g/mol. The minimum atomic E-state index is -2.36. The van der Waals surface area contributed by atoms with Crippen LogP contribution < -0.4 is 5.32 Å². The van der Waals surface area contributed by atoms with Crippen molar-refractivity contribution in [3.05, 3.63) is 12.3 Å². The summed E-state index contributed by atoms with van der Waals surface area (Å²) in [6.45, 7) is 6.69. The first-order valence-electron chi connectivity index (χ1n) is 4.92. The minimum absolute atomic E-state index is 0.145. The lowest BCUT2D eigenvalue weighted by Gasteiger charge is -2.18. The molecule has 1 aromatic heterocycles. The Balaban J connectivity index is 2.46. The van der Waals surface area contributed by atoms with Crippen LogP contribution in [-0.4, -0.2) is 22.8 Å². The van der Waals surface area contributed by atoms with Crippen LogP contribution in [-0.2, 0) is 6.54 Å². The van der Waals surface area contributed by atoms with E-state index in [9.17, 15) is 8.78 Å². The average Bonchev–Trinajstić information content (AvgIpc) is 2.46. The molecular formula is C10H17F2N3. The van der Waals surface area contributed by atoms with E-state index in [1.807, 2.05) is 0 Å². The van der Waals surface area contributed by atoms with Crippen LogP contribution in [0.3, 0.4) is 0 Å². The van der Waals surface area contributed by atoms with E-state index in [2.05, 4.69) is 31.2 Å². The molecular weight excluding hydrogens is 200 g/mol. The molecule has 0 saturated carbocycles. The molecule has 1 aromatic rings. The number of hydrogen-bond donors (Lipinski definition) is 1. The number of nitrogens with zero attached hydrogens (tertiary/aromatic N) is 2. The number of hydrogen-bond acceptors (Lipinski definition) is 2. The van der Waals surface area contributed by atoms with Crippen LogP contribution >= 0.6 is 0 Å². The number of halogens is 2. The second-order valence-electron chi connectivity index (χ2n) is 4.73. The van der Waals surface area contributed by atoms with Crippen molar-refractivity contribution in [2.75, 3.05) is 11.9 Å². The number of alkyl halides is 2. The van der Waals surface area contributed by atoms with Crippen LogP contribution in [0.1, 0.15) is 20.8 Å². The third-order valence-corrected chi connectivity index (χ3v) is 1.77. The predicted molar refractivity (Wildman–Crippen MR) is 56.2 cm³/mol. The first-order valence-corrected chi connectivity index (χ1v) is 4.92. The summed E-state index contributed by atoms with van der Waals surface area (Å²) in [7, 11) is 0. The molecule has 0 spiro atoms. The van der Waals surface area contributed by atoms with Gasteiger partial charge in [0.2, 0.25) is 0 Å². The lowest BCUT2D eigenvalue weighted by molar-refractivity contribution is 0.122. The molecule has 0 fully saturated rings. The summed E-state index contributed by atoms with van der Waals surface area (Å²) in [5.74, 6) is 0.644. The molecule has 0 bridgehead atoms. The zero-order valence-corrected chi connectivity index (χ0v) is 9.30. The first-order chi connectivity index (χ1) is 6.87. The summed E-state index contributed by atoms with van der Waals surface area (Å²) in [6.07, 6.45) is -0.808. The molecule has 0 aliphatic heterocycles. The van der Waals surface area contributed by atoms with Gasteiger partial charge in [-0.3, -0.25) is 4.68 Å². The molecule has 5 heteroatoms. The molecule has 1 N–H and O–H groups in total. The highest BCUT2D eigenvalue weighted by Crippen LogP contribution is 2.14. The summed E-state index contributed by atoms with van der Waals surface area (Å²) >= 11 is 0. The van der Waals surface area contributed by atoms with Gasteiger partial charge in [-0.1, -0.05) is 20.8 Å². The molecule has 86 valence electrons. The van der Waals surface area contributed by atoms with Gasteiger partial charge in [-0.2, -0.15) is 5.10 Å². The van der Waals surface area contributed by atoms with Gasteiger partial charge in [-0.25, -0.2) is 8.78 Å². The Morgan fingerprint density at radius 3 is 2.67 bits per heavy atom. The molecule has 0 aliphatic carbocycles. The van der Waals surface area contributed by atoms with Gasteiger partial charge in [0.25, 0.3) is 6.43 Å². The van der Waals surface area contributed by atoms with E-state index < -0.39 is 6.43 Å². The topological polar surface area (TPSA) is 29.9 Å². The largest absolute Gasteiger partial charge is 0.368 e. The van der Waals surface area contributed by atoms with Crippen LogP contribution in [0.15, 0.2) is 12.3 Å². The molecule has 1 heterocycles. The van der Waals surface area contributed by atoms with Crippen molar-refractivity contribution in [1.82, 2.24) is 9.78 Å². The van der Waals surface area contributed by atoms with Gasteiger partial charge in [0.05, 0.1) is 0 Å². The Morgan fingerprint density at radius 1 is 1.47 bits per heavy atom. The summed E-state index contributed by atoms with van der Waals surface area (Å²) in [5.41, 5.74) is 0.145. The maximum Gasteiger partial charge on any atom is 0.257 e. The molecule has 15 heavy (non-hydrogen) atoms. The van der Waals surface area contributed by atoms with Gasteiger partial charge < -0.3 is 5.32 Å². The maximum atomic E-state index is 12.0. The van der Waals surface area contributed by atoms with Crippen molar-refractivity contribution < 1.29 is 8.78 Å². The summed E-state index contributed by atoms with van der Waals surface area (Å²) in [5, 5.41) is 7.08.